The lowest BCUT2D eigenvalue weighted by Crippen LogP contribution is -2.76. The molecule has 320 valence electrons. The Hall–Kier alpha value is -4.46. The Balaban J connectivity index is 0.000000133. The molecule has 2 saturated heterocycles. The van der Waals surface area contributed by atoms with Gasteiger partial charge in [-0.05, 0) is 125 Å². The number of phenolic OH excluding ortho intramolecular Hbond substituents is 1. The minimum Gasteiger partial charge on any atom is -0.504 e. The molecule has 3 N–H and O–H groups in total. The van der Waals surface area contributed by atoms with Gasteiger partial charge in [0.05, 0.1) is 34.3 Å². The number of aromatic hydroxyl groups is 1. The van der Waals surface area contributed by atoms with Crippen molar-refractivity contribution in [2.24, 2.45) is 23.7 Å². The van der Waals surface area contributed by atoms with Crippen LogP contribution in [-0.4, -0.2) is 104 Å². The van der Waals surface area contributed by atoms with Crippen LogP contribution in [0.25, 0.3) is 0 Å². The largest absolute Gasteiger partial charge is 0.504 e. The van der Waals surface area contributed by atoms with Gasteiger partial charge in [-0.25, -0.2) is 0 Å². The van der Waals surface area contributed by atoms with Gasteiger partial charge in [0.15, 0.2) is 41.0 Å². The van der Waals surface area contributed by atoms with Gasteiger partial charge in [-0.2, -0.15) is 0 Å². The molecule has 2 aromatic carbocycles. The topological polar surface area (TPSA) is 172 Å². The van der Waals surface area contributed by atoms with Crippen LogP contribution >= 0.6 is 0 Å². The molecule has 13 nitrogen and oxygen atoms in total. The minimum absolute atomic E-state index is 0.0454. The molecule has 7 fully saturated rings. The maximum absolute atomic E-state index is 13.3. The number of Topliss-reactive ketones (excluding diaryl/α,β-unsaturated/α-hetero) is 1. The Morgan fingerprint density at radius 1 is 0.721 bits per heavy atom. The lowest BCUT2D eigenvalue weighted by Gasteiger charge is -2.62. The van der Waals surface area contributed by atoms with Crippen molar-refractivity contribution in [1.29, 1.82) is 0 Å². The first-order valence-corrected chi connectivity index (χ1v) is 23.0. The first kappa shape index (κ1) is 37.1. The summed E-state index contributed by atoms with van der Waals surface area (Å²) in [6, 6.07) is 7.03. The van der Waals surface area contributed by atoms with Crippen molar-refractivity contribution in [2.45, 2.75) is 143 Å². The maximum Gasteiger partial charge on any atom is 0.314 e. The van der Waals surface area contributed by atoms with Crippen molar-refractivity contribution in [1.82, 2.24) is 9.80 Å². The standard InChI is InChI=1S/C28H29NO7.C20H23NO4/c30-24(14-1-2-14)29-12-11-27-21-17-7-8-18(34-25(31)15-3-4-15)22(21)36-23(27)19(35-26(32)16-5-6-16)9-10-28(27,33)20(29)13-17;22-13-4-3-12-9-15-20(24)6-5-14(23)18-19(20,16(12)17(13)25-18)7-8-21(15)10-11-1-2-11/h7-9,14-16,20,23,33H,1-6,10-13H2;3-4,11,15,18,22,24H,1-2,5-10H2/t20-,23+,27+,28-;15-,18+,19+,20-/m11/s1. The van der Waals surface area contributed by atoms with Crippen LogP contribution < -0.4 is 14.2 Å². The number of likely N-dealkylation sites (tertiary alicyclic amines) is 2. The van der Waals surface area contributed by atoms with Crippen LogP contribution in [0, 0.1) is 23.7 Å². The number of piperidine rings is 2. The maximum atomic E-state index is 13.3. The molecule has 12 aliphatic rings. The quantitative estimate of drug-likeness (QED) is 0.271. The van der Waals surface area contributed by atoms with Gasteiger partial charge in [-0.3, -0.25) is 24.1 Å². The molecule has 61 heavy (non-hydrogen) atoms. The molecule has 1 amide bonds. The Bertz CT molecular complexity index is 2380. The first-order chi connectivity index (χ1) is 29.4. The van der Waals surface area contributed by atoms with E-state index in [1.165, 1.54) is 12.8 Å². The van der Waals surface area contributed by atoms with Gasteiger partial charge in [0.1, 0.15) is 11.4 Å². The number of carbonyl (C=O) groups excluding carboxylic acids is 4. The van der Waals surface area contributed by atoms with Crippen molar-refractivity contribution >= 4 is 23.6 Å². The van der Waals surface area contributed by atoms with Crippen LogP contribution in [0.5, 0.6) is 23.0 Å². The average molecular weight is 833 g/mol. The van der Waals surface area contributed by atoms with Crippen molar-refractivity contribution < 1.29 is 53.4 Å². The number of aliphatic hydroxyl groups is 2. The number of benzene rings is 2. The van der Waals surface area contributed by atoms with Gasteiger partial charge in [-0.15, -0.1) is 0 Å². The SMILES string of the molecule is O=C(OC1=CC[C@@]2(O)[C@H]3Cc4ccc(OC(=O)C5CC5)c5c4[C@@]2(CCN3C(=O)C2CC2)[C@H]1O5)C1CC1.O=C1CC[C@@]2(O)[C@H]3Cc4ccc(O)c5c4[C@@]2(CCN3CC2CC2)[C@H]1O5. The highest BCUT2D eigenvalue weighted by atomic mass is 16.6. The molecule has 0 radical (unpaired) electrons. The van der Waals surface area contributed by atoms with E-state index in [-0.39, 0.29) is 65.6 Å². The second-order valence-electron chi connectivity index (χ2n) is 20.5. The molecule has 4 aliphatic heterocycles. The zero-order valence-corrected chi connectivity index (χ0v) is 34.2. The third kappa shape index (κ3) is 4.94. The molecule has 8 aliphatic carbocycles. The van der Waals surface area contributed by atoms with Crippen LogP contribution in [0.1, 0.15) is 106 Å². The van der Waals surface area contributed by atoms with Gasteiger partial charge >= 0.3 is 11.9 Å². The number of carbonyl (C=O) groups is 4. The molecule has 8 atom stereocenters. The second kappa shape index (κ2) is 12.4. The van der Waals surface area contributed by atoms with Crippen LogP contribution in [0.3, 0.4) is 0 Å². The highest BCUT2D eigenvalue weighted by molar-refractivity contribution is 5.90. The molecular weight excluding hydrogens is 781 g/mol. The molecule has 0 unspecified atom stereocenters. The fraction of sp³-hybridized carbons (Fsp3) is 0.625. The zero-order valence-electron chi connectivity index (χ0n) is 34.2. The Morgan fingerprint density at radius 3 is 2.08 bits per heavy atom. The summed E-state index contributed by atoms with van der Waals surface area (Å²) in [5, 5.41) is 34.8. The molecule has 14 rings (SSSR count). The number of nitrogens with zero attached hydrogens (tertiary/aromatic N) is 2. The van der Waals surface area contributed by atoms with E-state index in [2.05, 4.69) is 4.90 Å². The van der Waals surface area contributed by atoms with Crippen molar-refractivity contribution in [3.05, 3.63) is 58.4 Å². The van der Waals surface area contributed by atoms with E-state index in [4.69, 9.17) is 18.9 Å². The zero-order chi connectivity index (χ0) is 41.4. The lowest BCUT2D eigenvalue weighted by molar-refractivity contribution is -0.188. The van der Waals surface area contributed by atoms with Gasteiger partial charge in [0, 0.05) is 49.0 Å². The summed E-state index contributed by atoms with van der Waals surface area (Å²) in [5.41, 5.74) is 0.162. The second-order valence-corrected chi connectivity index (χ2v) is 20.5. The van der Waals surface area contributed by atoms with Gasteiger partial charge < -0.3 is 39.2 Å². The van der Waals surface area contributed by atoms with Crippen LogP contribution in [0.15, 0.2) is 36.1 Å². The number of phenols is 1. The monoisotopic (exact) mass is 832 g/mol. The van der Waals surface area contributed by atoms with Crippen molar-refractivity contribution in [3.63, 3.8) is 0 Å². The third-order valence-electron chi connectivity index (χ3n) is 17.1. The molecule has 5 saturated carbocycles. The van der Waals surface area contributed by atoms with Gasteiger partial charge in [-0.1, -0.05) is 12.1 Å². The molecule has 13 heteroatoms. The smallest absolute Gasteiger partial charge is 0.314 e. The number of amides is 1. The molecule has 0 aromatic heterocycles. The highest BCUT2D eigenvalue weighted by Gasteiger charge is 2.75. The molecule has 2 aromatic rings. The summed E-state index contributed by atoms with van der Waals surface area (Å²) in [6.07, 6.45) is 11.8. The Kier molecular flexibility index (Phi) is 7.53. The van der Waals surface area contributed by atoms with E-state index in [0.717, 1.165) is 92.6 Å². The summed E-state index contributed by atoms with van der Waals surface area (Å²) in [5.74, 6) is 2.20. The van der Waals surface area contributed by atoms with Crippen LogP contribution in [0.4, 0.5) is 0 Å². The summed E-state index contributed by atoms with van der Waals surface area (Å²) >= 11 is 0. The first-order valence-electron chi connectivity index (χ1n) is 23.0. The average Bonchev–Trinajstić information content (AvgIpc) is 4.03. The van der Waals surface area contributed by atoms with Gasteiger partial charge in [0.2, 0.25) is 5.91 Å². The van der Waals surface area contributed by atoms with Crippen molar-refractivity contribution in [3.8, 4) is 23.0 Å². The van der Waals surface area contributed by atoms with E-state index in [9.17, 15) is 34.5 Å². The van der Waals surface area contributed by atoms with Gasteiger partial charge in [0.25, 0.3) is 0 Å². The normalized spacial score (nSPS) is 37.8. The Labute approximate surface area is 353 Å². The minimum atomic E-state index is -1.27. The van der Waals surface area contributed by atoms with E-state index in [0.29, 0.717) is 55.2 Å². The summed E-state index contributed by atoms with van der Waals surface area (Å²) in [6.45, 7) is 2.46. The number of ketones is 1. The molecule has 4 bridgehead atoms. The molecular formula is C48H52N2O11. The van der Waals surface area contributed by atoms with Crippen molar-refractivity contribution in [2.75, 3.05) is 19.6 Å². The highest BCUT2D eigenvalue weighted by Crippen LogP contribution is 2.67. The number of hydrogen-bond acceptors (Lipinski definition) is 12. The number of rotatable bonds is 7. The van der Waals surface area contributed by atoms with E-state index in [1.807, 2.05) is 17.0 Å². The van der Waals surface area contributed by atoms with Crippen LogP contribution in [-0.2, 0) is 47.6 Å². The predicted molar refractivity (Wildman–Crippen MR) is 214 cm³/mol. The fourth-order valence-corrected chi connectivity index (χ4v) is 13.4. The summed E-state index contributed by atoms with van der Waals surface area (Å²) < 4.78 is 24.3. The Morgan fingerprint density at radius 2 is 1.36 bits per heavy atom. The van der Waals surface area contributed by atoms with E-state index >= 15 is 0 Å². The number of hydrogen-bond donors (Lipinski definition) is 3. The predicted octanol–water partition coefficient (Wildman–Crippen LogP) is 4.07. The fourth-order valence-electron chi connectivity index (χ4n) is 13.4. The number of esters is 2. The number of ether oxygens (including phenoxy) is 4. The van der Waals surface area contributed by atoms with Crippen LogP contribution in [0.2, 0.25) is 0 Å². The molecule has 4 heterocycles. The summed E-state index contributed by atoms with van der Waals surface area (Å²) in [7, 11) is 0. The van der Waals surface area contributed by atoms with E-state index < -0.39 is 34.2 Å². The lowest BCUT2D eigenvalue weighted by atomic mass is 9.49. The summed E-state index contributed by atoms with van der Waals surface area (Å²) in [4.78, 5) is 55.6. The molecule has 2 spiro atoms. The third-order valence-corrected chi connectivity index (χ3v) is 17.1. The van der Waals surface area contributed by atoms with E-state index in [1.54, 1.807) is 18.2 Å².